The Kier molecular flexibility index (Phi) is 4.18. The number of nitrogens with zero attached hydrogens (tertiary/aromatic N) is 1. The van der Waals surface area contributed by atoms with Crippen LogP contribution in [0.3, 0.4) is 0 Å². The number of rotatable bonds is 4. The Labute approximate surface area is 114 Å². The number of benzene rings is 2. The topological polar surface area (TPSA) is 64.4 Å². The van der Waals surface area contributed by atoms with Gasteiger partial charge in [-0.25, -0.2) is 0 Å². The summed E-state index contributed by atoms with van der Waals surface area (Å²) in [7, 11) is 0. The number of hydrogen-bond donors (Lipinski definition) is 2. The first-order valence-corrected chi connectivity index (χ1v) is 6.36. The van der Waals surface area contributed by atoms with Crippen LogP contribution in [0.1, 0.15) is 16.7 Å². The van der Waals surface area contributed by atoms with Crippen LogP contribution in [0.15, 0.2) is 53.5 Å². The van der Waals surface area contributed by atoms with Crippen LogP contribution in [-0.2, 0) is 6.42 Å². The molecule has 0 heterocycles. The van der Waals surface area contributed by atoms with E-state index in [9.17, 15) is 0 Å². The summed E-state index contributed by atoms with van der Waals surface area (Å²) >= 11 is 0. The van der Waals surface area contributed by atoms with Gasteiger partial charge in [0.1, 0.15) is 5.84 Å². The molecule has 3 nitrogen and oxygen atoms in total. The predicted molar refractivity (Wildman–Crippen MR) is 81.3 cm³/mol. The van der Waals surface area contributed by atoms with Gasteiger partial charge in [0, 0.05) is 17.8 Å². The minimum Gasteiger partial charge on any atom is -0.399 e. The molecule has 0 atom stereocenters. The molecule has 0 aliphatic carbocycles. The van der Waals surface area contributed by atoms with Crippen molar-refractivity contribution in [3.8, 4) is 0 Å². The van der Waals surface area contributed by atoms with Crippen LogP contribution in [0.4, 0.5) is 5.69 Å². The van der Waals surface area contributed by atoms with Gasteiger partial charge >= 0.3 is 0 Å². The largest absolute Gasteiger partial charge is 0.399 e. The molecule has 0 radical (unpaired) electrons. The van der Waals surface area contributed by atoms with E-state index in [1.165, 1.54) is 11.1 Å². The Bertz CT molecular complexity index is 554. The van der Waals surface area contributed by atoms with Crippen molar-refractivity contribution in [2.75, 3.05) is 12.3 Å². The van der Waals surface area contributed by atoms with E-state index in [0.29, 0.717) is 12.4 Å². The molecule has 0 saturated heterocycles. The van der Waals surface area contributed by atoms with Crippen molar-refractivity contribution < 1.29 is 0 Å². The summed E-state index contributed by atoms with van der Waals surface area (Å²) in [4.78, 5) is 4.40. The predicted octanol–water partition coefficient (Wildman–Crippen LogP) is 2.53. The zero-order valence-corrected chi connectivity index (χ0v) is 11.1. The third-order valence-corrected chi connectivity index (χ3v) is 3.01. The number of anilines is 1. The van der Waals surface area contributed by atoms with Crippen molar-refractivity contribution in [2.45, 2.75) is 13.3 Å². The Morgan fingerprint density at radius 2 is 1.63 bits per heavy atom. The van der Waals surface area contributed by atoms with Crippen molar-refractivity contribution in [1.29, 1.82) is 0 Å². The lowest BCUT2D eigenvalue weighted by Gasteiger charge is -2.03. The van der Waals surface area contributed by atoms with E-state index in [1.807, 2.05) is 24.3 Å². The van der Waals surface area contributed by atoms with Crippen LogP contribution in [0, 0.1) is 6.92 Å². The molecule has 19 heavy (non-hydrogen) atoms. The fourth-order valence-corrected chi connectivity index (χ4v) is 1.81. The maximum atomic E-state index is 5.94. The fourth-order valence-electron chi connectivity index (χ4n) is 1.81. The van der Waals surface area contributed by atoms with E-state index < -0.39 is 0 Å². The van der Waals surface area contributed by atoms with Crippen molar-refractivity contribution in [2.24, 2.45) is 10.7 Å². The van der Waals surface area contributed by atoms with Crippen LogP contribution in [-0.4, -0.2) is 12.4 Å². The molecule has 0 bridgehead atoms. The Balaban J connectivity index is 1.95. The Morgan fingerprint density at radius 1 is 1.00 bits per heavy atom. The lowest BCUT2D eigenvalue weighted by atomic mass is 10.1. The first kappa shape index (κ1) is 13.1. The van der Waals surface area contributed by atoms with Crippen LogP contribution in [0.5, 0.6) is 0 Å². The van der Waals surface area contributed by atoms with Gasteiger partial charge in [0.15, 0.2) is 0 Å². The highest BCUT2D eigenvalue weighted by Crippen LogP contribution is 2.06. The van der Waals surface area contributed by atoms with E-state index in [-0.39, 0.29) is 0 Å². The Hall–Kier alpha value is -2.29. The molecule has 2 aromatic rings. The lowest BCUT2D eigenvalue weighted by molar-refractivity contribution is 0.965. The summed E-state index contributed by atoms with van der Waals surface area (Å²) in [6.07, 6.45) is 0.899. The molecule has 0 aliphatic heterocycles. The molecule has 0 fully saturated rings. The minimum atomic E-state index is 0.562. The number of aryl methyl sites for hydroxylation is 1. The van der Waals surface area contributed by atoms with E-state index in [4.69, 9.17) is 11.5 Å². The molecule has 2 aromatic carbocycles. The normalized spacial score (nSPS) is 11.5. The van der Waals surface area contributed by atoms with Gasteiger partial charge < -0.3 is 11.5 Å². The SMILES string of the molecule is Cc1ccc(CCN=C(N)c2ccc(N)cc2)cc1. The van der Waals surface area contributed by atoms with Crippen molar-refractivity contribution >= 4 is 11.5 Å². The lowest BCUT2D eigenvalue weighted by Crippen LogP contribution is -2.14. The van der Waals surface area contributed by atoms with Crippen LogP contribution in [0.2, 0.25) is 0 Å². The van der Waals surface area contributed by atoms with E-state index in [1.54, 1.807) is 0 Å². The van der Waals surface area contributed by atoms with Crippen LogP contribution in [0.25, 0.3) is 0 Å². The standard InChI is InChI=1S/C16H19N3/c1-12-2-4-13(5-3-12)10-11-19-16(18)14-6-8-15(17)9-7-14/h2-9H,10-11,17H2,1H3,(H2,18,19). The summed E-state index contributed by atoms with van der Waals surface area (Å²) in [5.41, 5.74) is 15.8. The first-order valence-electron chi connectivity index (χ1n) is 6.36. The van der Waals surface area contributed by atoms with E-state index in [0.717, 1.165) is 17.7 Å². The van der Waals surface area contributed by atoms with Crippen LogP contribution < -0.4 is 11.5 Å². The van der Waals surface area contributed by atoms with Crippen molar-refractivity contribution in [3.05, 3.63) is 65.2 Å². The Morgan fingerprint density at radius 3 is 2.26 bits per heavy atom. The molecule has 0 unspecified atom stereocenters. The molecule has 0 amide bonds. The molecule has 0 saturated carbocycles. The summed E-state index contributed by atoms with van der Waals surface area (Å²) in [5, 5.41) is 0. The molecule has 0 aliphatic rings. The molecular weight excluding hydrogens is 234 g/mol. The summed E-state index contributed by atoms with van der Waals surface area (Å²) < 4.78 is 0. The molecule has 0 aromatic heterocycles. The zero-order valence-electron chi connectivity index (χ0n) is 11.1. The van der Waals surface area contributed by atoms with E-state index in [2.05, 4.69) is 36.2 Å². The van der Waals surface area contributed by atoms with Crippen LogP contribution >= 0.6 is 0 Å². The first-order chi connectivity index (χ1) is 9.15. The van der Waals surface area contributed by atoms with Gasteiger partial charge in [-0.15, -0.1) is 0 Å². The highest BCUT2D eigenvalue weighted by atomic mass is 14.8. The third-order valence-electron chi connectivity index (χ3n) is 3.01. The van der Waals surface area contributed by atoms with Gasteiger partial charge in [0.2, 0.25) is 0 Å². The average molecular weight is 253 g/mol. The zero-order chi connectivity index (χ0) is 13.7. The maximum Gasteiger partial charge on any atom is 0.125 e. The number of nitrogens with two attached hydrogens (primary N) is 2. The summed E-state index contributed by atoms with van der Waals surface area (Å²) in [6.45, 7) is 2.78. The number of nitrogen functional groups attached to an aromatic ring is 1. The van der Waals surface area contributed by atoms with Gasteiger partial charge in [-0.2, -0.15) is 0 Å². The van der Waals surface area contributed by atoms with Crippen molar-refractivity contribution in [3.63, 3.8) is 0 Å². The van der Waals surface area contributed by atoms with Gasteiger partial charge in [0.05, 0.1) is 0 Å². The number of amidine groups is 1. The van der Waals surface area contributed by atoms with Gasteiger partial charge in [-0.3, -0.25) is 4.99 Å². The molecule has 3 heteroatoms. The molecule has 0 spiro atoms. The maximum absolute atomic E-state index is 5.94. The second kappa shape index (κ2) is 6.05. The quantitative estimate of drug-likeness (QED) is 0.499. The number of aliphatic imine (C=N–C) groups is 1. The summed E-state index contributed by atoms with van der Waals surface area (Å²) in [5.74, 6) is 0.562. The van der Waals surface area contributed by atoms with E-state index >= 15 is 0 Å². The molecular formula is C16H19N3. The minimum absolute atomic E-state index is 0.562. The highest BCUT2D eigenvalue weighted by Gasteiger charge is 1.98. The van der Waals surface area contributed by atoms with Gasteiger partial charge in [0.25, 0.3) is 0 Å². The fraction of sp³-hybridized carbons (Fsp3) is 0.188. The van der Waals surface area contributed by atoms with Gasteiger partial charge in [-0.1, -0.05) is 29.8 Å². The highest BCUT2D eigenvalue weighted by molar-refractivity contribution is 5.97. The second-order valence-corrected chi connectivity index (χ2v) is 4.62. The van der Waals surface area contributed by atoms with Crippen molar-refractivity contribution in [1.82, 2.24) is 0 Å². The van der Waals surface area contributed by atoms with Gasteiger partial charge in [-0.05, 0) is 43.2 Å². The summed E-state index contributed by atoms with van der Waals surface area (Å²) in [6, 6.07) is 15.9. The molecule has 4 N–H and O–H groups in total. The average Bonchev–Trinajstić information content (AvgIpc) is 2.41. The molecule has 2 rings (SSSR count). The second-order valence-electron chi connectivity index (χ2n) is 4.62. The monoisotopic (exact) mass is 253 g/mol. The molecule has 98 valence electrons. The third kappa shape index (κ3) is 3.85. The smallest absolute Gasteiger partial charge is 0.125 e. The number of hydrogen-bond acceptors (Lipinski definition) is 2.